The number of sulfone groups is 1. The Morgan fingerprint density at radius 3 is 2.26 bits per heavy atom. The van der Waals surface area contributed by atoms with E-state index in [4.69, 9.17) is 0 Å². The molecule has 1 aliphatic rings. The molecule has 1 rings (SSSR count). The van der Waals surface area contributed by atoms with Crippen molar-refractivity contribution < 1.29 is 8.42 Å². The van der Waals surface area contributed by atoms with Gasteiger partial charge in [-0.2, -0.15) is 0 Å². The zero-order chi connectivity index (χ0) is 14.5. The van der Waals surface area contributed by atoms with E-state index in [1.54, 1.807) is 20.8 Å². The van der Waals surface area contributed by atoms with Crippen molar-refractivity contribution in [3.05, 3.63) is 0 Å². The second-order valence-electron chi connectivity index (χ2n) is 6.50. The highest BCUT2D eigenvalue weighted by Crippen LogP contribution is 2.17. The lowest BCUT2D eigenvalue weighted by atomic mass is 10.1. The summed E-state index contributed by atoms with van der Waals surface area (Å²) < 4.78 is 23.5. The van der Waals surface area contributed by atoms with Crippen LogP contribution in [0.25, 0.3) is 0 Å². The molecule has 0 aromatic carbocycles. The van der Waals surface area contributed by atoms with E-state index in [0.717, 1.165) is 32.5 Å². The van der Waals surface area contributed by atoms with Crippen LogP contribution in [-0.4, -0.2) is 56.0 Å². The van der Waals surface area contributed by atoms with E-state index >= 15 is 0 Å². The Bertz CT molecular complexity index is 352. The summed E-state index contributed by atoms with van der Waals surface area (Å²) in [5.74, 6) is 0.281. The minimum Gasteiger partial charge on any atom is -0.314 e. The van der Waals surface area contributed by atoms with Gasteiger partial charge in [-0.05, 0) is 59.7 Å². The quantitative estimate of drug-likeness (QED) is 0.808. The van der Waals surface area contributed by atoms with Crippen LogP contribution >= 0.6 is 0 Å². The van der Waals surface area contributed by atoms with Crippen LogP contribution in [0.4, 0.5) is 0 Å². The maximum Gasteiger partial charge on any atom is 0.156 e. The van der Waals surface area contributed by atoms with Crippen molar-refractivity contribution in [2.75, 3.05) is 31.9 Å². The molecular weight excluding hydrogens is 260 g/mol. The maximum absolute atomic E-state index is 12.1. The summed E-state index contributed by atoms with van der Waals surface area (Å²) in [6.07, 6.45) is 3.44. The predicted molar refractivity (Wildman–Crippen MR) is 81.3 cm³/mol. The van der Waals surface area contributed by atoms with Gasteiger partial charge in [0, 0.05) is 12.6 Å². The van der Waals surface area contributed by atoms with Crippen molar-refractivity contribution in [2.24, 2.45) is 0 Å². The van der Waals surface area contributed by atoms with Crippen molar-refractivity contribution >= 4 is 9.84 Å². The topological polar surface area (TPSA) is 49.4 Å². The number of hydrogen-bond acceptors (Lipinski definition) is 4. The number of nitrogens with one attached hydrogen (secondary N) is 1. The van der Waals surface area contributed by atoms with Crippen molar-refractivity contribution in [3.63, 3.8) is 0 Å². The van der Waals surface area contributed by atoms with Gasteiger partial charge >= 0.3 is 0 Å². The fraction of sp³-hybridized carbons (Fsp3) is 1.00. The summed E-state index contributed by atoms with van der Waals surface area (Å²) in [6.45, 7) is 11.3. The highest BCUT2D eigenvalue weighted by Gasteiger charge is 2.29. The lowest BCUT2D eigenvalue weighted by Crippen LogP contribution is -2.45. The average molecular weight is 290 g/mol. The van der Waals surface area contributed by atoms with Gasteiger partial charge in [0.1, 0.15) is 0 Å². The zero-order valence-electron chi connectivity index (χ0n) is 12.9. The number of likely N-dealkylation sites (tertiary alicyclic amines) is 1. The van der Waals surface area contributed by atoms with Gasteiger partial charge in [0.15, 0.2) is 9.84 Å². The summed E-state index contributed by atoms with van der Waals surface area (Å²) in [5, 5.41) is 3.54. The second kappa shape index (κ2) is 7.04. The van der Waals surface area contributed by atoms with Gasteiger partial charge in [-0.1, -0.05) is 6.92 Å². The predicted octanol–water partition coefficient (Wildman–Crippen LogP) is 1.66. The molecule has 1 N–H and O–H groups in total. The smallest absolute Gasteiger partial charge is 0.156 e. The van der Waals surface area contributed by atoms with Gasteiger partial charge in [0.25, 0.3) is 0 Å². The van der Waals surface area contributed by atoms with Gasteiger partial charge in [-0.25, -0.2) is 8.42 Å². The molecule has 0 radical (unpaired) electrons. The average Bonchev–Trinajstić information content (AvgIpc) is 2.34. The number of nitrogens with zero attached hydrogens (tertiary/aromatic N) is 1. The molecule has 0 aliphatic carbocycles. The Hall–Kier alpha value is -0.130. The Balaban J connectivity index is 2.31. The van der Waals surface area contributed by atoms with Crippen LogP contribution in [0.2, 0.25) is 0 Å². The molecule has 1 aliphatic heterocycles. The van der Waals surface area contributed by atoms with Crippen molar-refractivity contribution in [2.45, 2.75) is 57.7 Å². The Kier molecular flexibility index (Phi) is 6.27. The van der Waals surface area contributed by atoms with Crippen LogP contribution in [0.1, 0.15) is 47.0 Å². The molecule has 0 amide bonds. The molecular formula is C14H30N2O2S. The molecule has 0 spiro atoms. The third-order valence-electron chi connectivity index (χ3n) is 3.88. The minimum absolute atomic E-state index is 0.281. The van der Waals surface area contributed by atoms with Crippen LogP contribution in [0.3, 0.4) is 0 Å². The summed E-state index contributed by atoms with van der Waals surface area (Å²) in [7, 11) is -2.98. The van der Waals surface area contributed by atoms with Crippen molar-refractivity contribution in [3.8, 4) is 0 Å². The summed E-state index contributed by atoms with van der Waals surface area (Å²) in [5.41, 5.74) is 0. The second-order valence-corrected chi connectivity index (χ2v) is 9.36. The highest BCUT2D eigenvalue weighted by atomic mass is 32.2. The molecule has 5 heteroatoms. The van der Waals surface area contributed by atoms with E-state index in [1.165, 1.54) is 6.42 Å². The Morgan fingerprint density at radius 1 is 1.21 bits per heavy atom. The van der Waals surface area contributed by atoms with Crippen LogP contribution in [0.5, 0.6) is 0 Å². The van der Waals surface area contributed by atoms with Gasteiger partial charge in [0.2, 0.25) is 0 Å². The molecule has 1 heterocycles. The summed E-state index contributed by atoms with van der Waals surface area (Å²) in [4.78, 5) is 2.29. The van der Waals surface area contributed by atoms with E-state index in [9.17, 15) is 8.42 Å². The van der Waals surface area contributed by atoms with Crippen LogP contribution in [-0.2, 0) is 9.84 Å². The van der Waals surface area contributed by atoms with E-state index in [1.807, 2.05) is 0 Å². The lowest BCUT2D eigenvalue weighted by molar-refractivity contribution is 0.207. The van der Waals surface area contributed by atoms with Crippen LogP contribution in [0, 0.1) is 0 Å². The first-order chi connectivity index (χ1) is 8.76. The molecule has 0 saturated carbocycles. The first kappa shape index (κ1) is 16.9. The zero-order valence-corrected chi connectivity index (χ0v) is 13.7. The molecule has 19 heavy (non-hydrogen) atoms. The molecule has 1 saturated heterocycles. The molecule has 0 unspecified atom stereocenters. The van der Waals surface area contributed by atoms with Crippen molar-refractivity contribution in [1.29, 1.82) is 0 Å². The lowest BCUT2D eigenvalue weighted by Gasteiger charge is -2.33. The number of rotatable bonds is 6. The Morgan fingerprint density at radius 2 is 1.79 bits per heavy atom. The largest absolute Gasteiger partial charge is 0.314 e. The molecule has 1 fully saturated rings. The normalized spacial score (nSPS) is 19.8. The molecule has 4 nitrogen and oxygen atoms in total. The number of piperidine rings is 1. The first-order valence-electron chi connectivity index (χ1n) is 7.44. The monoisotopic (exact) mass is 290 g/mol. The standard InChI is InChI=1S/C14H30N2O2S/c1-5-8-15-13-6-9-16(10-7-13)11-12-19(17,18)14(2,3)4/h13,15H,5-12H2,1-4H3. The van der Waals surface area contributed by atoms with Gasteiger partial charge in [-0.15, -0.1) is 0 Å². The molecule has 0 bridgehead atoms. The van der Waals surface area contributed by atoms with Gasteiger partial charge in [-0.3, -0.25) is 0 Å². The number of hydrogen-bond donors (Lipinski definition) is 1. The van der Waals surface area contributed by atoms with Gasteiger partial charge < -0.3 is 10.2 Å². The third-order valence-corrected chi connectivity index (χ3v) is 6.47. The third kappa shape index (κ3) is 5.40. The molecule has 0 aromatic rings. The maximum atomic E-state index is 12.1. The summed E-state index contributed by atoms with van der Waals surface area (Å²) >= 11 is 0. The van der Waals surface area contributed by atoms with Crippen LogP contribution in [0.15, 0.2) is 0 Å². The Labute approximate surface area is 118 Å². The molecule has 114 valence electrons. The fourth-order valence-corrected chi connectivity index (χ4v) is 3.38. The minimum atomic E-state index is -2.98. The summed E-state index contributed by atoms with van der Waals surface area (Å²) in [6, 6.07) is 0.621. The fourth-order valence-electron chi connectivity index (χ4n) is 2.26. The van der Waals surface area contributed by atoms with Crippen molar-refractivity contribution in [1.82, 2.24) is 10.2 Å². The van der Waals surface area contributed by atoms with E-state index in [0.29, 0.717) is 12.6 Å². The highest BCUT2D eigenvalue weighted by molar-refractivity contribution is 7.92. The van der Waals surface area contributed by atoms with Crippen LogP contribution < -0.4 is 5.32 Å². The van der Waals surface area contributed by atoms with E-state index < -0.39 is 14.6 Å². The van der Waals surface area contributed by atoms with E-state index in [-0.39, 0.29) is 5.75 Å². The van der Waals surface area contributed by atoms with Gasteiger partial charge in [0.05, 0.1) is 10.5 Å². The van der Waals surface area contributed by atoms with E-state index in [2.05, 4.69) is 17.1 Å². The first-order valence-corrected chi connectivity index (χ1v) is 9.09. The molecule has 0 aromatic heterocycles. The SMILES string of the molecule is CCCNC1CCN(CCS(=O)(=O)C(C)(C)C)CC1. The molecule has 0 atom stereocenters.